The first-order valence-electron chi connectivity index (χ1n) is 7.62. The number of benzene rings is 3. The monoisotopic (exact) mass is 451 g/mol. The minimum absolute atomic E-state index is 0.209. The van der Waals surface area contributed by atoms with Gasteiger partial charge in [0.1, 0.15) is 10.6 Å². The molecule has 0 aromatic heterocycles. The van der Waals surface area contributed by atoms with Crippen LogP contribution in [0.5, 0.6) is 5.75 Å². The van der Waals surface area contributed by atoms with Crippen LogP contribution in [0.3, 0.4) is 0 Å². The average Bonchev–Trinajstić information content (AvgIpc) is 2.60. The van der Waals surface area contributed by atoms with Crippen LogP contribution in [0.25, 0.3) is 11.1 Å². The van der Waals surface area contributed by atoms with Crippen molar-refractivity contribution in [3.8, 4) is 16.9 Å². The summed E-state index contributed by atoms with van der Waals surface area (Å²) in [6, 6.07) is 17.6. The molecule has 3 aromatic rings. The highest BCUT2D eigenvalue weighted by Gasteiger charge is 2.23. The van der Waals surface area contributed by atoms with Crippen LogP contribution in [0, 0.1) is 0 Å². The number of nitrogens with two attached hydrogens (primary N) is 1. The van der Waals surface area contributed by atoms with Crippen molar-refractivity contribution in [1.82, 2.24) is 0 Å². The van der Waals surface area contributed by atoms with Crippen LogP contribution in [0.4, 0.5) is 5.69 Å². The van der Waals surface area contributed by atoms with Gasteiger partial charge in [-0.1, -0.05) is 54.1 Å². The van der Waals surface area contributed by atoms with Crippen molar-refractivity contribution in [2.45, 2.75) is 10.6 Å². The lowest BCUT2D eigenvalue weighted by Crippen LogP contribution is -2.08. The lowest BCUT2D eigenvalue weighted by molar-refractivity contribution is 0.455. The van der Waals surface area contributed by atoms with Crippen LogP contribution in [0.1, 0.15) is 5.56 Å². The third-order valence-corrected chi connectivity index (χ3v) is 6.42. The Morgan fingerprint density at radius 2 is 1.69 bits per heavy atom. The lowest BCUT2D eigenvalue weighted by Gasteiger charge is -2.12. The third kappa shape index (κ3) is 3.87. The lowest BCUT2D eigenvalue weighted by atomic mass is 10.0. The zero-order valence-corrected chi connectivity index (χ0v) is 16.6. The van der Waals surface area contributed by atoms with Crippen molar-refractivity contribution in [2.75, 3.05) is 5.73 Å². The quantitative estimate of drug-likeness (QED) is 0.544. The van der Waals surface area contributed by atoms with Gasteiger partial charge in [-0.2, -0.15) is 0 Å². The van der Waals surface area contributed by atoms with E-state index in [0.717, 1.165) is 11.1 Å². The fourth-order valence-corrected chi connectivity index (χ4v) is 5.14. The van der Waals surface area contributed by atoms with Gasteiger partial charge in [0, 0.05) is 10.7 Å². The van der Waals surface area contributed by atoms with Crippen molar-refractivity contribution in [2.24, 2.45) is 0 Å². The van der Waals surface area contributed by atoms with Gasteiger partial charge in [0.05, 0.1) is 10.2 Å². The molecule has 0 radical (unpaired) electrons. The fourth-order valence-electron chi connectivity index (χ4n) is 2.60. The summed E-state index contributed by atoms with van der Waals surface area (Å²) in [4.78, 5) is -0.233. The fraction of sp³-hybridized carbons (Fsp3) is 0.0526. The third-order valence-electron chi connectivity index (χ3n) is 3.93. The molecule has 0 saturated heterocycles. The summed E-state index contributed by atoms with van der Waals surface area (Å²) in [5.74, 6) is -0.706. The van der Waals surface area contributed by atoms with E-state index in [1.807, 2.05) is 36.4 Å². The summed E-state index contributed by atoms with van der Waals surface area (Å²) in [6.45, 7) is 0. The molecule has 7 heteroatoms. The molecule has 0 aliphatic carbocycles. The van der Waals surface area contributed by atoms with Gasteiger partial charge in [-0.3, -0.25) is 0 Å². The molecular formula is C19H15BrClNO3S. The maximum absolute atomic E-state index is 12.7. The molecule has 0 saturated carbocycles. The molecule has 4 nitrogen and oxygen atoms in total. The Balaban J connectivity index is 1.96. The highest BCUT2D eigenvalue weighted by molar-refractivity contribution is 9.10. The first-order chi connectivity index (χ1) is 12.3. The number of hydrogen-bond donors (Lipinski definition) is 2. The van der Waals surface area contributed by atoms with E-state index < -0.39 is 9.84 Å². The summed E-state index contributed by atoms with van der Waals surface area (Å²) in [5, 5.41) is 10.3. The molecule has 0 fully saturated rings. The van der Waals surface area contributed by atoms with Gasteiger partial charge in [-0.25, -0.2) is 8.42 Å². The maximum atomic E-state index is 12.7. The van der Waals surface area contributed by atoms with E-state index in [9.17, 15) is 13.5 Å². The Labute approximate surface area is 165 Å². The van der Waals surface area contributed by atoms with E-state index in [1.165, 1.54) is 12.1 Å². The molecule has 3 rings (SSSR count). The van der Waals surface area contributed by atoms with Crippen LogP contribution in [-0.4, -0.2) is 13.5 Å². The molecule has 26 heavy (non-hydrogen) atoms. The maximum Gasteiger partial charge on any atom is 0.186 e. The van der Waals surface area contributed by atoms with Crippen molar-refractivity contribution in [3.63, 3.8) is 0 Å². The molecule has 0 unspecified atom stereocenters. The van der Waals surface area contributed by atoms with E-state index in [4.69, 9.17) is 17.3 Å². The van der Waals surface area contributed by atoms with E-state index in [0.29, 0.717) is 11.3 Å². The summed E-state index contributed by atoms with van der Waals surface area (Å²) in [6.07, 6.45) is 0. The number of hydrogen-bond acceptors (Lipinski definition) is 4. The second-order valence-electron chi connectivity index (χ2n) is 5.77. The van der Waals surface area contributed by atoms with Crippen LogP contribution >= 0.6 is 27.5 Å². The summed E-state index contributed by atoms with van der Waals surface area (Å²) in [7, 11) is -3.83. The SMILES string of the molecule is Nc1cc(-c2ccccc2)ccc1CS(=O)(=O)c1cc(Cl)cc(Br)c1O. The molecule has 134 valence electrons. The van der Waals surface area contributed by atoms with Crippen molar-refractivity contribution >= 4 is 43.1 Å². The molecule has 0 amide bonds. The Hall–Kier alpha value is -2.02. The summed E-state index contributed by atoms with van der Waals surface area (Å²) >= 11 is 9.02. The standard InChI is InChI=1S/C19H15BrClNO3S/c20-16-9-15(21)10-18(19(16)23)26(24,25)11-14-7-6-13(8-17(14)22)12-4-2-1-3-5-12/h1-10,23H,11,22H2. The van der Waals surface area contributed by atoms with Crippen molar-refractivity contribution in [1.29, 1.82) is 0 Å². The van der Waals surface area contributed by atoms with Gasteiger partial charge < -0.3 is 10.8 Å². The van der Waals surface area contributed by atoms with Crippen LogP contribution < -0.4 is 5.73 Å². The Kier molecular flexibility index (Phi) is 5.27. The minimum atomic E-state index is -3.83. The Morgan fingerprint density at radius 3 is 2.35 bits per heavy atom. The Bertz CT molecular complexity index is 1070. The second kappa shape index (κ2) is 7.31. The molecule has 0 heterocycles. The molecular weight excluding hydrogens is 438 g/mol. The van der Waals surface area contributed by atoms with E-state index in [2.05, 4.69) is 15.9 Å². The number of nitrogen functional groups attached to an aromatic ring is 1. The average molecular weight is 453 g/mol. The molecule has 3 N–H and O–H groups in total. The number of phenols is 1. The zero-order valence-electron chi connectivity index (χ0n) is 13.5. The number of sulfone groups is 1. The van der Waals surface area contributed by atoms with Gasteiger partial charge >= 0.3 is 0 Å². The van der Waals surface area contributed by atoms with Gasteiger partial charge in [-0.05, 0) is 50.8 Å². The number of rotatable bonds is 4. The molecule has 0 spiro atoms. The van der Waals surface area contributed by atoms with Gasteiger partial charge in [0.15, 0.2) is 9.84 Å². The first kappa shape index (κ1) is 18.8. The molecule has 0 aliphatic rings. The highest BCUT2D eigenvalue weighted by Crippen LogP contribution is 2.36. The largest absolute Gasteiger partial charge is 0.505 e. The molecule has 3 aromatic carbocycles. The predicted molar refractivity (Wildman–Crippen MR) is 108 cm³/mol. The number of aromatic hydroxyl groups is 1. The summed E-state index contributed by atoms with van der Waals surface area (Å²) < 4.78 is 25.7. The predicted octanol–water partition coefficient (Wildman–Crippen LogP) is 5.03. The smallest absolute Gasteiger partial charge is 0.186 e. The topological polar surface area (TPSA) is 80.4 Å². The van der Waals surface area contributed by atoms with Crippen LogP contribution in [0.15, 0.2) is 70.0 Å². The Morgan fingerprint density at radius 1 is 1.00 bits per heavy atom. The van der Waals surface area contributed by atoms with Crippen molar-refractivity contribution < 1.29 is 13.5 Å². The van der Waals surface area contributed by atoms with Gasteiger partial charge in [0.2, 0.25) is 0 Å². The van der Waals surface area contributed by atoms with Crippen LogP contribution in [0.2, 0.25) is 5.02 Å². The van der Waals surface area contributed by atoms with Gasteiger partial charge in [0.25, 0.3) is 0 Å². The number of anilines is 1. The van der Waals surface area contributed by atoms with E-state index >= 15 is 0 Å². The highest BCUT2D eigenvalue weighted by atomic mass is 79.9. The van der Waals surface area contributed by atoms with Crippen molar-refractivity contribution in [3.05, 3.63) is 75.7 Å². The molecule has 0 bridgehead atoms. The van der Waals surface area contributed by atoms with Gasteiger partial charge in [-0.15, -0.1) is 0 Å². The minimum Gasteiger partial charge on any atom is -0.505 e. The molecule has 0 atom stereocenters. The number of phenolic OH excluding ortho intramolecular Hbond substituents is 1. The molecule has 0 aliphatic heterocycles. The second-order valence-corrected chi connectivity index (χ2v) is 9.02. The first-order valence-corrected chi connectivity index (χ1v) is 10.4. The van der Waals surface area contributed by atoms with E-state index in [-0.39, 0.29) is 25.9 Å². The normalized spacial score (nSPS) is 11.5. The summed E-state index contributed by atoms with van der Waals surface area (Å²) in [5.41, 5.74) is 8.80. The number of halogens is 2. The van der Waals surface area contributed by atoms with Crippen LogP contribution in [-0.2, 0) is 15.6 Å². The van der Waals surface area contributed by atoms with E-state index in [1.54, 1.807) is 12.1 Å². The zero-order chi connectivity index (χ0) is 18.9.